The van der Waals surface area contributed by atoms with Gasteiger partial charge in [-0.2, -0.15) is 8.42 Å². The van der Waals surface area contributed by atoms with Crippen molar-refractivity contribution in [1.29, 1.82) is 0 Å². The number of para-hydroxylation sites is 1. The number of imidazole rings is 1. The van der Waals surface area contributed by atoms with Crippen molar-refractivity contribution in [1.82, 2.24) is 9.55 Å². The molecule has 0 saturated heterocycles. The lowest BCUT2D eigenvalue weighted by molar-refractivity contribution is 0.591. The maximum absolute atomic E-state index is 12.6. The second-order valence-corrected chi connectivity index (χ2v) is 6.46. The molecule has 0 fully saturated rings. The molecule has 0 spiro atoms. The molecule has 0 aliphatic carbocycles. The molecule has 2 aromatic rings. The van der Waals surface area contributed by atoms with Crippen LogP contribution < -0.4 is 10.0 Å². The Kier molecular flexibility index (Phi) is 3.82. The van der Waals surface area contributed by atoms with Crippen LogP contribution in [0, 0.1) is 6.92 Å². The number of anilines is 1. The first-order valence-electron chi connectivity index (χ1n) is 6.14. The Balaban J connectivity index is 2.48. The highest BCUT2D eigenvalue weighted by molar-refractivity contribution is 7.92. The summed E-state index contributed by atoms with van der Waals surface area (Å²) >= 11 is 0. The lowest BCUT2D eigenvalue weighted by atomic mass is 10.2. The summed E-state index contributed by atoms with van der Waals surface area (Å²) in [6.07, 6.45) is 1.51. The summed E-state index contributed by atoms with van der Waals surface area (Å²) in [4.78, 5) is 4.09. The molecule has 0 atom stereocenters. The quantitative estimate of drug-likeness (QED) is 0.912. The Morgan fingerprint density at radius 1 is 1.35 bits per heavy atom. The summed E-state index contributed by atoms with van der Waals surface area (Å²) in [7, 11) is -0.414. The van der Waals surface area contributed by atoms with Gasteiger partial charge in [-0.1, -0.05) is 18.2 Å². The number of hydrogen-bond donors (Lipinski definition) is 1. The largest absolute Gasteiger partial charge is 0.337 e. The van der Waals surface area contributed by atoms with Gasteiger partial charge in [-0.05, 0) is 18.6 Å². The molecule has 20 heavy (non-hydrogen) atoms. The van der Waals surface area contributed by atoms with Gasteiger partial charge in [0.15, 0.2) is 5.03 Å². The minimum absolute atomic E-state index is 0.0341. The number of rotatable bonds is 4. The standard InChI is InChI=1S/C13H18N4O2S/c1-10-15-13(9-16(10)2)20(18,19)17(3)12-7-5-4-6-11(12)8-14/h4-7,9H,8,14H2,1-3H3. The number of sulfonamides is 1. The predicted octanol–water partition coefficient (Wildman–Crippen LogP) is 1.01. The first-order valence-corrected chi connectivity index (χ1v) is 7.58. The van der Waals surface area contributed by atoms with Gasteiger partial charge in [0, 0.05) is 26.8 Å². The number of aromatic nitrogens is 2. The Hall–Kier alpha value is -1.86. The maximum atomic E-state index is 12.6. The molecule has 0 bridgehead atoms. The minimum atomic E-state index is -3.68. The van der Waals surface area contributed by atoms with Crippen LogP contribution in [0.4, 0.5) is 5.69 Å². The van der Waals surface area contributed by atoms with Crippen LogP contribution in [-0.4, -0.2) is 25.0 Å². The summed E-state index contributed by atoms with van der Waals surface area (Å²) in [5.74, 6) is 0.643. The van der Waals surface area contributed by atoms with Crippen molar-refractivity contribution in [2.75, 3.05) is 11.4 Å². The number of nitrogens with zero attached hydrogens (tertiary/aromatic N) is 3. The third-order valence-corrected chi connectivity index (χ3v) is 4.91. The second-order valence-electron chi connectivity index (χ2n) is 4.54. The van der Waals surface area contributed by atoms with Crippen molar-refractivity contribution in [2.24, 2.45) is 12.8 Å². The number of aryl methyl sites for hydroxylation is 2. The van der Waals surface area contributed by atoms with Gasteiger partial charge in [-0.15, -0.1) is 0 Å². The molecule has 2 N–H and O–H groups in total. The van der Waals surface area contributed by atoms with Crippen LogP contribution in [0.15, 0.2) is 35.5 Å². The Morgan fingerprint density at radius 3 is 2.55 bits per heavy atom. The molecule has 1 aromatic carbocycles. The smallest absolute Gasteiger partial charge is 0.283 e. The molecule has 7 heteroatoms. The zero-order valence-corrected chi connectivity index (χ0v) is 12.6. The molecule has 1 heterocycles. The fourth-order valence-corrected chi connectivity index (χ4v) is 3.17. The molecule has 0 unspecified atom stereocenters. The van der Waals surface area contributed by atoms with Crippen molar-refractivity contribution in [2.45, 2.75) is 18.5 Å². The van der Waals surface area contributed by atoms with Crippen molar-refractivity contribution >= 4 is 15.7 Å². The van der Waals surface area contributed by atoms with Gasteiger partial charge in [0.2, 0.25) is 0 Å². The molecule has 0 saturated carbocycles. The molecule has 1 aromatic heterocycles. The molecule has 6 nitrogen and oxygen atoms in total. The molecular weight excluding hydrogens is 276 g/mol. The van der Waals surface area contributed by atoms with E-state index in [4.69, 9.17) is 5.73 Å². The fourth-order valence-electron chi connectivity index (χ4n) is 1.91. The first-order chi connectivity index (χ1) is 9.37. The molecule has 0 amide bonds. The lowest BCUT2D eigenvalue weighted by Crippen LogP contribution is -2.28. The van der Waals surface area contributed by atoms with E-state index in [0.29, 0.717) is 11.5 Å². The SMILES string of the molecule is Cc1nc(S(=O)(=O)N(C)c2ccccc2CN)cn1C. The van der Waals surface area contributed by atoms with Crippen molar-refractivity contribution in [3.8, 4) is 0 Å². The van der Waals surface area contributed by atoms with E-state index in [1.54, 1.807) is 30.7 Å². The summed E-state index contributed by atoms with van der Waals surface area (Å²) in [6, 6.07) is 7.15. The maximum Gasteiger partial charge on any atom is 0.283 e. The molecule has 0 radical (unpaired) electrons. The van der Waals surface area contributed by atoms with E-state index in [-0.39, 0.29) is 11.6 Å². The lowest BCUT2D eigenvalue weighted by Gasteiger charge is -2.20. The van der Waals surface area contributed by atoms with Crippen LogP contribution in [0.2, 0.25) is 0 Å². The normalized spacial score (nSPS) is 11.6. The van der Waals surface area contributed by atoms with E-state index in [9.17, 15) is 8.42 Å². The Bertz CT molecular complexity index is 702. The predicted molar refractivity (Wildman–Crippen MR) is 77.9 cm³/mol. The molecule has 0 aliphatic heterocycles. The summed E-state index contributed by atoms with van der Waals surface area (Å²) in [5.41, 5.74) is 6.99. The Labute approximate surface area is 118 Å². The monoisotopic (exact) mass is 294 g/mol. The van der Waals surface area contributed by atoms with Crippen LogP contribution in [0.5, 0.6) is 0 Å². The zero-order valence-electron chi connectivity index (χ0n) is 11.7. The highest BCUT2D eigenvalue weighted by atomic mass is 32.2. The van der Waals surface area contributed by atoms with Gasteiger partial charge < -0.3 is 10.3 Å². The molecule has 0 aliphatic rings. The van der Waals surface area contributed by atoms with Crippen LogP contribution >= 0.6 is 0 Å². The third kappa shape index (κ3) is 2.41. The Morgan fingerprint density at radius 2 is 2.00 bits per heavy atom. The topological polar surface area (TPSA) is 81.2 Å². The van der Waals surface area contributed by atoms with Crippen molar-refractivity contribution in [3.05, 3.63) is 41.9 Å². The van der Waals surface area contributed by atoms with Crippen LogP contribution in [0.3, 0.4) is 0 Å². The van der Waals surface area contributed by atoms with E-state index in [1.807, 2.05) is 12.1 Å². The highest BCUT2D eigenvalue weighted by Crippen LogP contribution is 2.24. The van der Waals surface area contributed by atoms with Gasteiger partial charge >= 0.3 is 0 Å². The molecule has 2 rings (SSSR count). The van der Waals surface area contributed by atoms with Gasteiger partial charge in [-0.25, -0.2) is 4.98 Å². The summed E-state index contributed by atoms with van der Waals surface area (Å²) < 4.78 is 28.0. The van der Waals surface area contributed by atoms with E-state index >= 15 is 0 Å². The zero-order chi connectivity index (χ0) is 14.9. The number of benzene rings is 1. The number of nitrogens with two attached hydrogens (primary N) is 1. The summed E-state index contributed by atoms with van der Waals surface area (Å²) in [5, 5.41) is 0.0341. The minimum Gasteiger partial charge on any atom is -0.337 e. The highest BCUT2D eigenvalue weighted by Gasteiger charge is 2.25. The van der Waals surface area contributed by atoms with Gasteiger partial charge in [0.25, 0.3) is 10.0 Å². The average Bonchev–Trinajstić information content (AvgIpc) is 2.78. The molecule has 108 valence electrons. The van der Waals surface area contributed by atoms with Crippen molar-refractivity contribution < 1.29 is 8.42 Å². The first kappa shape index (κ1) is 14.5. The van der Waals surface area contributed by atoms with Crippen LogP contribution in [0.25, 0.3) is 0 Å². The van der Waals surface area contributed by atoms with Gasteiger partial charge in [-0.3, -0.25) is 4.31 Å². The van der Waals surface area contributed by atoms with Crippen LogP contribution in [0.1, 0.15) is 11.4 Å². The van der Waals surface area contributed by atoms with Gasteiger partial charge in [0.05, 0.1) is 5.69 Å². The second kappa shape index (κ2) is 5.26. The van der Waals surface area contributed by atoms with E-state index in [1.165, 1.54) is 17.5 Å². The molecular formula is C13H18N4O2S. The van der Waals surface area contributed by atoms with Crippen molar-refractivity contribution in [3.63, 3.8) is 0 Å². The number of hydrogen-bond acceptors (Lipinski definition) is 4. The van der Waals surface area contributed by atoms with E-state index in [0.717, 1.165) is 5.56 Å². The van der Waals surface area contributed by atoms with Crippen LogP contribution in [-0.2, 0) is 23.6 Å². The van der Waals surface area contributed by atoms with E-state index < -0.39 is 10.0 Å². The fraction of sp³-hybridized carbons (Fsp3) is 0.308. The van der Waals surface area contributed by atoms with Gasteiger partial charge in [0.1, 0.15) is 5.82 Å². The summed E-state index contributed by atoms with van der Waals surface area (Å²) in [6.45, 7) is 2.03. The average molecular weight is 294 g/mol. The van der Waals surface area contributed by atoms with E-state index in [2.05, 4.69) is 4.98 Å². The third-order valence-electron chi connectivity index (χ3n) is 3.26.